The number of thiophene rings is 2. The highest BCUT2D eigenvalue weighted by Crippen LogP contribution is 2.30. The summed E-state index contributed by atoms with van der Waals surface area (Å²) in [5.41, 5.74) is 2.22. The number of carbonyl (C=O) groups is 1. The number of rotatable bonds is 7. The van der Waals surface area contributed by atoms with Crippen LogP contribution in [0.1, 0.15) is 48.0 Å². The van der Waals surface area contributed by atoms with E-state index in [1.165, 1.54) is 0 Å². The van der Waals surface area contributed by atoms with E-state index in [1.54, 1.807) is 28.9 Å². The first kappa shape index (κ1) is 21.3. The first-order valence-electron chi connectivity index (χ1n) is 11.0. The van der Waals surface area contributed by atoms with Crippen LogP contribution in [-0.4, -0.2) is 44.8 Å². The molecule has 1 aliphatic heterocycles. The molecule has 4 aromatic heterocycles. The second-order valence-corrected chi connectivity index (χ2v) is 10.3. The predicted octanol–water partition coefficient (Wildman–Crippen LogP) is 5.62. The van der Waals surface area contributed by atoms with Gasteiger partial charge in [-0.2, -0.15) is 5.10 Å². The van der Waals surface area contributed by atoms with Crippen molar-refractivity contribution in [3.05, 3.63) is 57.7 Å². The number of pyridine rings is 1. The maximum atomic E-state index is 14.0. The lowest BCUT2D eigenvalue weighted by molar-refractivity contribution is 0.0511. The number of aromatic nitrogens is 3. The molecule has 1 aliphatic rings. The fraction of sp³-hybridized carbons (Fsp3) is 0.375. The first-order chi connectivity index (χ1) is 15.6. The smallest absolute Gasteiger partial charge is 0.255 e. The summed E-state index contributed by atoms with van der Waals surface area (Å²) in [6.45, 7) is 6.09. The second-order valence-electron chi connectivity index (χ2n) is 8.35. The van der Waals surface area contributed by atoms with Gasteiger partial charge in [-0.1, -0.05) is 12.1 Å². The molecule has 0 bridgehead atoms. The number of hydrogen-bond donors (Lipinski definition) is 0. The quantitative estimate of drug-likeness (QED) is 0.354. The van der Waals surface area contributed by atoms with Gasteiger partial charge in [0.2, 0.25) is 0 Å². The van der Waals surface area contributed by atoms with E-state index >= 15 is 0 Å². The van der Waals surface area contributed by atoms with E-state index in [0.29, 0.717) is 18.7 Å². The molecule has 0 saturated carbocycles. The monoisotopic (exact) mass is 466 g/mol. The third kappa shape index (κ3) is 4.22. The van der Waals surface area contributed by atoms with Crippen molar-refractivity contribution >= 4 is 39.6 Å². The fourth-order valence-corrected chi connectivity index (χ4v) is 5.54. The maximum Gasteiger partial charge on any atom is 0.255 e. The van der Waals surface area contributed by atoms with Crippen molar-refractivity contribution in [3.8, 4) is 10.6 Å². The molecule has 1 saturated heterocycles. The fourth-order valence-electron chi connectivity index (χ4n) is 4.14. The molecule has 0 radical (unpaired) electrons. The zero-order chi connectivity index (χ0) is 22.1. The van der Waals surface area contributed by atoms with Gasteiger partial charge in [0, 0.05) is 24.1 Å². The highest BCUT2D eigenvalue weighted by atomic mass is 32.1. The van der Waals surface area contributed by atoms with Gasteiger partial charge in [0.05, 0.1) is 40.4 Å². The number of fused-ring (bicyclic) bond motifs is 1. The topological polar surface area (TPSA) is 60.2 Å². The summed E-state index contributed by atoms with van der Waals surface area (Å²) in [5.74, 6) is 0.00223. The molecular formula is C24H26N4O2S2. The van der Waals surface area contributed by atoms with Crippen LogP contribution in [0.3, 0.4) is 0 Å². The number of nitrogens with zero attached hydrogens (tertiary/aromatic N) is 4. The first-order valence-corrected chi connectivity index (χ1v) is 12.7. The molecule has 8 heteroatoms. The van der Waals surface area contributed by atoms with Crippen molar-refractivity contribution in [3.63, 3.8) is 0 Å². The van der Waals surface area contributed by atoms with Crippen LogP contribution in [0.5, 0.6) is 0 Å². The Labute approximate surface area is 195 Å². The lowest BCUT2D eigenvalue weighted by Gasteiger charge is -2.25. The Morgan fingerprint density at radius 1 is 1.28 bits per heavy atom. The van der Waals surface area contributed by atoms with Crippen LogP contribution < -0.4 is 0 Å². The average molecular weight is 467 g/mol. The van der Waals surface area contributed by atoms with Crippen molar-refractivity contribution in [2.75, 3.05) is 13.2 Å². The van der Waals surface area contributed by atoms with Gasteiger partial charge in [0.15, 0.2) is 5.65 Å². The molecule has 1 amide bonds. The number of carbonyl (C=O) groups excluding carboxylic acids is 1. The van der Waals surface area contributed by atoms with Crippen LogP contribution in [-0.2, 0) is 11.3 Å². The van der Waals surface area contributed by atoms with Crippen molar-refractivity contribution in [1.82, 2.24) is 19.7 Å². The lowest BCUT2D eigenvalue weighted by atomic mass is 10.1. The predicted molar refractivity (Wildman–Crippen MR) is 129 cm³/mol. The van der Waals surface area contributed by atoms with Gasteiger partial charge in [-0.15, -0.1) is 22.7 Å². The number of hydrogen-bond acceptors (Lipinski definition) is 6. The summed E-state index contributed by atoms with van der Waals surface area (Å²) in [5, 5.41) is 9.44. The van der Waals surface area contributed by atoms with Gasteiger partial charge < -0.3 is 9.64 Å². The van der Waals surface area contributed by atoms with E-state index in [-0.39, 0.29) is 18.1 Å². The highest BCUT2D eigenvalue weighted by molar-refractivity contribution is 7.13. The minimum absolute atomic E-state index is 0.00223. The Morgan fingerprint density at radius 2 is 2.12 bits per heavy atom. The van der Waals surface area contributed by atoms with Crippen LogP contribution in [0.4, 0.5) is 0 Å². The van der Waals surface area contributed by atoms with Gasteiger partial charge in [-0.05, 0) is 55.6 Å². The number of amides is 1. The molecular weight excluding hydrogens is 440 g/mol. The highest BCUT2D eigenvalue weighted by Gasteiger charge is 2.27. The number of ether oxygens (including phenoxy) is 1. The summed E-state index contributed by atoms with van der Waals surface area (Å²) >= 11 is 3.30. The zero-order valence-electron chi connectivity index (χ0n) is 18.2. The molecule has 166 valence electrons. The normalized spacial score (nSPS) is 16.3. The van der Waals surface area contributed by atoms with Crippen LogP contribution in [0.25, 0.3) is 21.6 Å². The van der Waals surface area contributed by atoms with Gasteiger partial charge in [-0.25, -0.2) is 9.67 Å². The van der Waals surface area contributed by atoms with E-state index in [0.717, 1.165) is 45.9 Å². The molecule has 1 atom stereocenters. The molecule has 4 aromatic rings. The molecule has 1 unspecified atom stereocenters. The molecule has 6 nitrogen and oxygen atoms in total. The van der Waals surface area contributed by atoms with Crippen molar-refractivity contribution in [2.24, 2.45) is 0 Å². The van der Waals surface area contributed by atoms with E-state index < -0.39 is 0 Å². The van der Waals surface area contributed by atoms with Gasteiger partial charge in [0.25, 0.3) is 5.91 Å². The molecule has 0 aliphatic carbocycles. The third-order valence-electron chi connectivity index (χ3n) is 5.72. The minimum Gasteiger partial charge on any atom is -0.376 e. The SMILES string of the molecule is CC(C)n1ncc2c(C(=O)N(Cc3cccs3)CC3CCCO3)cc(-c3cccs3)nc21. The van der Waals surface area contributed by atoms with Gasteiger partial charge in [-0.3, -0.25) is 4.79 Å². The van der Waals surface area contributed by atoms with E-state index in [9.17, 15) is 4.79 Å². The lowest BCUT2D eigenvalue weighted by Crippen LogP contribution is -2.37. The average Bonchev–Trinajstić information content (AvgIpc) is 3.59. The Morgan fingerprint density at radius 3 is 2.81 bits per heavy atom. The van der Waals surface area contributed by atoms with Gasteiger partial charge >= 0.3 is 0 Å². The Balaban J connectivity index is 1.59. The van der Waals surface area contributed by atoms with Crippen molar-refractivity contribution in [2.45, 2.75) is 45.4 Å². The summed E-state index contributed by atoms with van der Waals surface area (Å²) in [4.78, 5) is 23.0. The Kier molecular flexibility index (Phi) is 6.08. The molecule has 0 N–H and O–H groups in total. The van der Waals surface area contributed by atoms with Crippen LogP contribution in [0.2, 0.25) is 0 Å². The Bertz CT molecular complexity index is 1190. The molecule has 5 heterocycles. The third-order valence-corrected chi connectivity index (χ3v) is 7.48. The van der Waals surface area contributed by atoms with Crippen LogP contribution in [0.15, 0.2) is 47.3 Å². The molecule has 32 heavy (non-hydrogen) atoms. The van der Waals surface area contributed by atoms with Crippen LogP contribution in [0, 0.1) is 0 Å². The van der Waals surface area contributed by atoms with E-state index in [1.807, 2.05) is 39.2 Å². The van der Waals surface area contributed by atoms with Gasteiger partial charge in [0.1, 0.15) is 0 Å². The van der Waals surface area contributed by atoms with Crippen molar-refractivity contribution in [1.29, 1.82) is 0 Å². The largest absolute Gasteiger partial charge is 0.376 e. The molecule has 5 rings (SSSR count). The Hall–Kier alpha value is -2.55. The summed E-state index contributed by atoms with van der Waals surface area (Å²) in [6.07, 6.45) is 3.91. The van der Waals surface area contributed by atoms with E-state index in [2.05, 4.69) is 30.4 Å². The molecule has 0 spiro atoms. The second kappa shape index (κ2) is 9.13. The van der Waals surface area contributed by atoms with Crippen molar-refractivity contribution < 1.29 is 9.53 Å². The van der Waals surface area contributed by atoms with E-state index in [4.69, 9.17) is 9.72 Å². The summed E-state index contributed by atoms with van der Waals surface area (Å²) in [6, 6.07) is 10.2. The minimum atomic E-state index is 0.00223. The maximum absolute atomic E-state index is 14.0. The summed E-state index contributed by atoms with van der Waals surface area (Å²) in [7, 11) is 0. The standard InChI is InChI=1S/C24H26N4O2S2/c1-16(2)28-23-20(13-25-28)19(12-21(26-23)22-8-5-11-32-22)24(29)27(14-17-6-3-9-30-17)15-18-7-4-10-31-18/h4-5,7-8,10-13,16-17H,3,6,9,14-15H2,1-2H3. The molecule has 1 fully saturated rings. The summed E-state index contributed by atoms with van der Waals surface area (Å²) < 4.78 is 7.77. The molecule has 0 aromatic carbocycles. The van der Waals surface area contributed by atoms with Crippen LogP contribution >= 0.6 is 22.7 Å². The zero-order valence-corrected chi connectivity index (χ0v) is 19.9.